The van der Waals surface area contributed by atoms with Crippen molar-refractivity contribution in [1.29, 1.82) is 0 Å². The van der Waals surface area contributed by atoms with E-state index in [9.17, 15) is 4.79 Å². The summed E-state index contributed by atoms with van der Waals surface area (Å²) in [4.78, 5) is 13.6. The van der Waals surface area contributed by atoms with Crippen molar-refractivity contribution in [3.05, 3.63) is 0 Å². The van der Waals surface area contributed by atoms with E-state index in [-0.39, 0.29) is 5.91 Å². The van der Waals surface area contributed by atoms with Crippen molar-refractivity contribution < 1.29 is 9.53 Å². The van der Waals surface area contributed by atoms with E-state index in [1.807, 2.05) is 14.1 Å². The van der Waals surface area contributed by atoms with Crippen LogP contribution in [0, 0.1) is 0 Å². The highest BCUT2D eigenvalue weighted by molar-refractivity contribution is 5.78. The van der Waals surface area contributed by atoms with E-state index in [1.165, 1.54) is 0 Å². The molecule has 108 valence electrons. The van der Waals surface area contributed by atoms with Gasteiger partial charge in [0.2, 0.25) is 5.91 Å². The Bertz CT molecular complexity index is 206. The van der Waals surface area contributed by atoms with Crippen molar-refractivity contribution in [3.63, 3.8) is 0 Å². The molecule has 0 rings (SSSR count). The number of carbonyl (C=O) groups excluding carboxylic acids is 1. The van der Waals surface area contributed by atoms with Crippen LogP contribution in [0.4, 0.5) is 0 Å². The number of likely N-dealkylation sites (N-methyl/N-ethyl adjacent to an activating group) is 1. The van der Waals surface area contributed by atoms with Crippen LogP contribution in [0.15, 0.2) is 0 Å². The molecule has 0 aromatic carbocycles. The number of nitrogens with zero attached hydrogens (tertiary/aromatic N) is 1. The smallest absolute Gasteiger partial charge is 0.234 e. The van der Waals surface area contributed by atoms with Crippen LogP contribution in [-0.4, -0.2) is 63.8 Å². The monoisotopic (exact) mass is 259 g/mol. The fourth-order valence-electron chi connectivity index (χ4n) is 1.47. The zero-order valence-electron chi connectivity index (χ0n) is 12.3. The maximum absolute atomic E-state index is 11.5. The molecule has 5 nitrogen and oxygen atoms in total. The average Bonchev–Trinajstić information content (AvgIpc) is 2.34. The van der Waals surface area contributed by atoms with E-state index in [2.05, 4.69) is 29.4 Å². The van der Waals surface area contributed by atoms with Crippen LogP contribution in [0.2, 0.25) is 0 Å². The average molecular weight is 259 g/mol. The number of ether oxygens (including phenoxy) is 1. The van der Waals surface area contributed by atoms with Crippen molar-refractivity contribution in [2.24, 2.45) is 0 Å². The third kappa shape index (κ3) is 10.5. The molecule has 0 saturated carbocycles. The van der Waals surface area contributed by atoms with Crippen molar-refractivity contribution in [2.75, 3.05) is 46.9 Å². The van der Waals surface area contributed by atoms with Gasteiger partial charge in [-0.1, -0.05) is 13.8 Å². The van der Waals surface area contributed by atoms with Crippen molar-refractivity contribution in [3.8, 4) is 0 Å². The second-order valence-corrected chi connectivity index (χ2v) is 4.67. The molecule has 0 aromatic rings. The van der Waals surface area contributed by atoms with Gasteiger partial charge in [-0.2, -0.15) is 0 Å². The van der Waals surface area contributed by atoms with Crippen LogP contribution < -0.4 is 10.6 Å². The second kappa shape index (κ2) is 11.4. The molecule has 0 saturated heterocycles. The van der Waals surface area contributed by atoms with Crippen LogP contribution in [0.3, 0.4) is 0 Å². The third-order valence-corrected chi connectivity index (χ3v) is 2.74. The molecule has 0 spiro atoms. The lowest BCUT2D eigenvalue weighted by Crippen LogP contribution is -2.40. The van der Waals surface area contributed by atoms with Crippen LogP contribution in [0.1, 0.15) is 26.7 Å². The summed E-state index contributed by atoms with van der Waals surface area (Å²) in [6, 6.07) is 0.302. The minimum Gasteiger partial charge on any atom is -0.379 e. The second-order valence-electron chi connectivity index (χ2n) is 4.67. The molecule has 0 bridgehead atoms. The summed E-state index contributed by atoms with van der Waals surface area (Å²) in [6.45, 7) is 7.55. The summed E-state index contributed by atoms with van der Waals surface area (Å²) in [5.74, 6) is 0.0667. The molecule has 0 atom stereocenters. The Morgan fingerprint density at radius 3 is 2.44 bits per heavy atom. The molecular weight excluding hydrogens is 230 g/mol. The summed E-state index contributed by atoms with van der Waals surface area (Å²) in [5, 5.41) is 6.06. The molecule has 0 aliphatic rings. The van der Waals surface area contributed by atoms with Gasteiger partial charge in [0.1, 0.15) is 0 Å². The fraction of sp³-hybridized carbons (Fsp3) is 0.923. The molecule has 0 aliphatic heterocycles. The lowest BCUT2D eigenvalue weighted by molar-refractivity contribution is -0.121. The molecule has 0 radical (unpaired) electrons. The molecule has 5 heteroatoms. The van der Waals surface area contributed by atoms with Crippen LogP contribution in [0.25, 0.3) is 0 Å². The Hall–Kier alpha value is -0.650. The predicted molar refractivity (Wildman–Crippen MR) is 74.8 cm³/mol. The van der Waals surface area contributed by atoms with Gasteiger partial charge in [-0.05, 0) is 26.9 Å². The van der Waals surface area contributed by atoms with Gasteiger partial charge in [0.25, 0.3) is 0 Å². The number of hydrogen-bond donors (Lipinski definition) is 2. The maximum atomic E-state index is 11.5. The summed E-state index contributed by atoms with van der Waals surface area (Å²) >= 11 is 0. The van der Waals surface area contributed by atoms with Crippen LogP contribution in [0.5, 0.6) is 0 Å². The molecular formula is C13H29N3O2. The van der Waals surface area contributed by atoms with E-state index in [1.54, 1.807) is 0 Å². The number of nitrogens with one attached hydrogen (secondary N) is 2. The summed E-state index contributed by atoms with van der Waals surface area (Å²) in [6.07, 6.45) is 1.96. The zero-order valence-corrected chi connectivity index (χ0v) is 12.3. The van der Waals surface area contributed by atoms with Gasteiger partial charge >= 0.3 is 0 Å². The Morgan fingerprint density at radius 1 is 1.22 bits per heavy atom. The first-order valence-corrected chi connectivity index (χ1v) is 6.82. The van der Waals surface area contributed by atoms with Crippen LogP contribution in [-0.2, 0) is 9.53 Å². The van der Waals surface area contributed by atoms with Crippen molar-refractivity contribution in [2.45, 2.75) is 32.7 Å². The maximum Gasteiger partial charge on any atom is 0.234 e. The Kier molecular flexibility index (Phi) is 11.0. The number of rotatable bonds is 11. The first kappa shape index (κ1) is 17.4. The SMILES string of the molecule is CCC(CC)NC(=O)CNCCOCCN(C)C. The highest BCUT2D eigenvalue weighted by Gasteiger charge is 2.06. The topological polar surface area (TPSA) is 53.6 Å². The van der Waals surface area contributed by atoms with Gasteiger partial charge in [-0.15, -0.1) is 0 Å². The Balaban J connectivity index is 3.35. The molecule has 0 aromatic heterocycles. The Labute approximate surface area is 111 Å². The quantitative estimate of drug-likeness (QED) is 0.529. The van der Waals surface area contributed by atoms with Crippen molar-refractivity contribution >= 4 is 5.91 Å². The van der Waals surface area contributed by atoms with E-state index in [0.29, 0.717) is 25.7 Å². The zero-order chi connectivity index (χ0) is 13.8. The summed E-state index contributed by atoms with van der Waals surface area (Å²) in [5.41, 5.74) is 0. The van der Waals surface area contributed by atoms with E-state index < -0.39 is 0 Å². The van der Waals surface area contributed by atoms with Gasteiger partial charge in [0.15, 0.2) is 0 Å². The highest BCUT2D eigenvalue weighted by atomic mass is 16.5. The van der Waals surface area contributed by atoms with Gasteiger partial charge in [-0.3, -0.25) is 4.79 Å². The molecule has 2 N–H and O–H groups in total. The van der Waals surface area contributed by atoms with Gasteiger partial charge in [-0.25, -0.2) is 0 Å². The lowest BCUT2D eigenvalue weighted by Gasteiger charge is -2.15. The van der Waals surface area contributed by atoms with Crippen molar-refractivity contribution in [1.82, 2.24) is 15.5 Å². The summed E-state index contributed by atoms with van der Waals surface area (Å²) in [7, 11) is 4.04. The molecule has 0 fully saturated rings. The number of hydrogen-bond acceptors (Lipinski definition) is 4. The standard InChI is InChI=1S/C13H29N3O2/c1-5-12(6-2)15-13(17)11-14-7-9-18-10-8-16(3)4/h12,14H,5-11H2,1-4H3,(H,15,17). The molecule has 0 aliphatic carbocycles. The number of carbonyl (C=O) groups is 1. The largest absolute Gasteiger partial charge is 0.379 e. The molecule has 0 unspecified atom stereocenters. The summed E-state index contributed by atoms with van der Waals surface area (Å²) < 4.78 is 5.41. The predicted octanol–water partition coefficient (Wildman–Crippen LogP) is 0.459. The van der Waals surface area contributed by atoms with E-state index >= 15 is 0 Å². The Morgan fingerprint density at radius 2 is 1.89 bits per heavy atom. The van der Waals surface area contributed by atoms with E-state index in [0.717, 1.165) is 26.0 Å². The minimum absolute atomic E-state index is 0.0667. The molecule has 18 heavy (non-hydrogen) atoms. The van der Waals surface area contributed by atoms with Gasteiger partial charge in [0.05, 0.1) is 19.8 Å². The van der Waals surface area contributed by atoms with E-state index in [4.69, 9.17) is 4.74 Å². The lowest BCUT2D eigenvalue weighted by atomic mass is 10.2. The number of amides is 1. The normalized spacial score (nSPS) is 11.2. The van der Waals surface area contributed by atoms with Gasteiger partial charge in [0, 0.05) is 19.1 Å². The highest BCUT2D eigenvalue weighted by Crippen LogP contribution is 1.94. The molecule has 0 heterocycles. The third-order valence-electron chi connectivity index (χ3n) is 2.74. The molecule has 1 amide bonds. The van der Waals surface area contributed by atoms with Crippen LogP contribution >= 0.6 is 0 Å². The fourth-order valence-corrected chi connectivity index (χ4v) is 1.47. The minimum atomic E-state index is 0.0667. The van der Waals surface area contributed by atoms with Gasteiger partial charge < -0.3 is 20.3 Å². The first-order valence-electron chi connectivity index (χ1n) is 6.82. The first-order chi connectivity index (χ1) is 8.60.